The number of amides is 8. The molecule has 0 aliphatic carbocycles. The van der Waals surface area contributed by atoms with Crippen molar-refractivity contribution in [2.75, 3.05) is 55.7 Å². The van der Waals surface area contributed by atoms with Crippen LogP contribution >= 0.6 is 43.5 Å². The number of aliphatic hydroxyl groups is 1. The van der Waals surface area contributed by atoms with E-state index in [0.29, 0.717) is 36.3 Å². The third kappa shape index (κ3) is 19.4. The summed E-state index contributed by atoms with van der Waals surface area (Å²) in [6, 6.07) is 2.07. The second kappa shape index (κ2) is 32.7. The lowest BCUT2D eigenvalue weighted by Gasteiger charge is -2.42. The van der Waals surface area contributed by atoms with Gasteiger partial charge in [-0.3, -0.25) is 29.3 Å². The van der Waals surface area contributed by atoms with Gasteiger partial charge in [-0.05, 0) is 102 Å². The number of ether oxygens (including phenoxy) is 6. The Kier molecular flexibility index (Phi) is 27.0. The van der Waals surface area contributed by atoms with E-state index in [1.54, 1.807) is 52.0 Å². The SMILES string of the molecule is COc1cc2cc(c1Cl)N(C)C(=O)C[C@H](OC(=O)[C@H](C)N(C)C(=O)c1ccc(NC(=O)[C@H](CCCNC(N)=O)NC(=O)[C@@H](NC(=O)CCCCC(C)OC(C=O)(CBr)CBr)C(C)C)cc1F)[C@]1(C)O[C@H]1[C@H](C)[C@@H]1C[C@@](O)(NC(=O)O1)[C@H](OC)/C=C/C=C(\C)C2. The van der Waals surface area contributed by atoms with Gasteiger partial charge in [-0.1, -0.05) is 94.5 Å². The van der Waals surface area contributed by atoms with Gasteiger partial charge in [-0.25, -0.2) is 18.8 Å². The standard InChI is InChI=1S/C61H84Br2ClFN8O16/c1-33(2)51(70-48(75)20-13-12-17-35(4)88-60(30-62,31-63)32-74)54(78)69-42(18-15-23-67-57(66)81)53(77)68-39-21-22-40(41(65)27-39)55(79)72(8)37(6)56(80)87-47-28-49(76)73(9)43-25-38(26-44(84-10)50(43)64)24-34(3)16-14-19-46(85-11)61(83)29-45(86-58(82)71-61)36(5)52-59(47,7)89-52/h14,16,19,21-22,25-27,32-33,35-37,42,45-47,51-52,83H,12-13,15,17-18,20,23-24,28-31H2,1-11H3,(H,68,77)(H,69,78)(H,70,75)(H,71,82)(H3,66,67,81)/b19-14+,34-16+/t35?,36-,37+,42+,45+,46-,47+,51+,52+,59+,61+/m1/s1. The molecular formula is C61H84Br2ClFN8O16. The Hall–Kier alpha value is -6.23. The molecule has 0 radical (unpaired) electrons. The number of esters is 1. The van der Waals surface area contributed by atoms with Gasteiger partial charge in [0.25, 0.3) is 5.91 Å². The molecule has 3 aliphatic rings. The first-order valence-electron chi connectivity index (χ1n) is 29.3. The van der Waals surface area contributed by atoms with Gasteiger partial charge in [0.15, 0.2) is 12.0 Å². The highest BCUT2D eigenvalue weighted by molar-refractivity contribution is 9.10. The van der Waals surface area contributed by atoms with Crippen LogP contribution in [-0.4, -0.2) is 175 Å². The molecule has 0 spiro atoms. The number of alkyl carbamates (subject to hydrolysis) is 1. The number of benzene rings is 2. The number of carbonyl (C=O) groups excluding carboxylic acids is 9. The molecule has 4 bridgehead atoms. The Labute approximate surface area is 540 Å². The number of hydrogen-bond acceptors (Lipinski definition) is 16. The Balaban J connectivity index is 1.32. The van der Waals surface area contributed by atoms with E-state index in [9.17, 15) is 48.3 Å². The first-order chi connectivity index (χ1) is 41.9. The van der Waals surface area contributed by atoms with Crippen LogP contribution in [0.5, 0.6) is 5.75 Å². The van der Waals surface area contributed by atoms with Crippen molar-refractivity contribution in [3.8, 4) is 5.75 Å². The topological polar surface area (TPSA) is 325 Å². The Morgan fingerprint density at radius 1 is 1.03 bits per heavy atom. The summed E-state index contributed by atoms with van der Waals surface area (Å²) in [5, 5.41) is 25.5. The number of halogens is 4. The van der Waals surface area contributed by atoms with Crippen molar-refractivity contribution in [2.24, 2.45) is 17.6 Å². The first kappa shape index (κ1) is 73.5. The normalized spacial score (nSPS) is 24.3. The molecular weight excluding hydrogens is 1310 g/mol. The average Bonchev–Trinajstić information content (AvgIpc) is 1.61. The molecule has 3 heterocycles. The Morgan fingerprint density at radius 3 is 2.35 bits per heavy atom. The van der Waals surface area contributed by atoms with Crippen LogP contribution in [0.4, 0.5) is 25.4 Å². The van der Waals surface area contributed by atoms with Crippen LogP contribution in [-0.2, 0) is 58.9 Å². The lowest BCUT2D eigenvalue weighted by atomic mass is 9.83. The summed E-state index contributed by atoms with van der Waals surface area (Å²) in [6.07, 6.45) is 1.91. The minimum absolute atomic E-state index is 0.0367. The molecule has 2 aromatic carbocycles. The molecule has 2 saturated heterocycles. The monoisotopic (exact) mass is 1400 g/mol. The van der Waals surface area contributed by atoms with Crippen LogP contribution in [0.25, 0.3) is 0 Å². The fourth-order valence-electron chi connectivity index (χ4n) is 10.6. The molecule has 3 aliphatic heterocycles. The minimum atomic E-state index is -1.94. The number of unbranched alkanes of at least 4 members (excludes halogenated alkanes) is 1. The maximum Gasteiger partial charge on any atom is 0.409 e. The summed E-state index contributed by atoms with van der Waals surface area (Å²) in [5.41, 5.74) is 2.07. The van der Waals surface area contributed by atoms with Gasteiger partial charge >= 0.3 is 18.1 Å². The summed E-state index contributed by atoms with van der Waals surface area (Å²) in [7, 11) is 5.55. The molecule has 11 atom stereocenters. The number of alkyl halides is 2. The lowest BCUT2D eigenvalue weighted by molar-refractivity contribution is -0.158. The molecule has 8 amide bonds. The Bertz CT molecular complexity index is 2970. The van der Waals surface area contributed by atoms with E-state index in [0.717, 1.165) is 34.5 Å². The molecule has 24 nitrogen and oxygen atoms in total. The van der Waals surface area contributed by atoms with E-state index in [1.165, 1.54) is 46.2 Å². The van der Waals surface area contributed by atoms with E-state index < -0.39 is 137 Å². The molecule has 0 saturated carbocycles. The maximum absolute atomic E-state index is 16.2. The van der Waals surface area contributed by atoms with E-state index in [4.69, 9.17) is 45.8 Å². The van der Waals surface area contributed by atoms with Crippen LogP contribution in [0.1, 0.15) is 116 Å². The Morgan fingerprint density at radius 2 is 1.73 bits per heavy atom. The van der Waals surface area contributed by atoms with Gasteiger partial charge < -0.3 is 75.1 Å². The van der Waals surface area contributed by atoms with Crippen molar-refractivity contribution in [3.63, 3.8) is 0 Å². The third-order valence-corrected chi connectivity index (χ3v) is 18.4. The molecule has 1 unspecified atom stereocenters. The zero-order chi connectivity index (χ0) is 66.3. The first-order valence-corrected chi connectivity index (χ1v) is 31.9. The van der Waals surface area contributed by atoms with Gasteiger partial charge in [0.1, 0.15) is 64.2 Å². The average molecular weight is 1400 g/mol. The van der Waals surface area contributed by atoms with Crippen molar-refractivity contribution in [1.82, 2.24) is 26.2 Å². The van der Waals surface area contributed by atoms with E-state index in [2.05, 4.69) is 58.4 Å². The van der Waals surface area contributed by atoms with Gasteiger partial charge in [-0.15, -0.1) is 0 Å². The smallest absolute Gasteiger partial charge is 0.409 e. The molecule has 2 fully saturated rings. The minimum Gasteiger partial charge on any atom is -0.495 e. The number of anilines is 2. The maximum atomic E-state index is 16.2. The number of nitrogens with zero attached hydrogens (tertiary/aromatic N) is 2. The molecule has 2 aromatic rings. The quantitative estimate of drug-likeness (QED) is 0.0170. The van der Waals surface area contributed by atoms with Crippen LogP contribution in [0, 0.1) is 17.7 Å². The van der Waals surface area contributed by atoms with Crippen molar-refractivity contribution in [3.05, 3.63) is 76.1 Å². The number of urea groups is 1. The van der Waals surface area contributed by atoms with Crippen molar-refractivity contribution < 1.29 is 81.1 Å². The predicted molar refractivity (Wildman–Crippen MR) is 336 cm³/mol. The zero-order valence-electron chi connectivity index (χ0n) is 52.0. The third-order valence-electron chi connectivity index (χ3n) is 16.2. The summed E-state index contributed by atoms with van der Waals surface area (Å²) in [4.78, 5) is 122. The number of aldehydes is 1. The van der Waals surface area contributed by atoms with Gasteiger partial charge in [0.2, 0.25) is 23.6 Å². The second-order valence-electron chi connectivity index (χ2n) is 23.4. The molecule has 0 aromatic heterocycles. The van der Waals surface area contributed by atoms with Crippen LogP contribution < -0.4 is 42.0 Å². The number of likely N-dealkylation sites (N-methyl/N-ethyl adjacent to an activating group) is 1. The fourth-order valence-corrected chi connectivity index (χ4v) is 12.3. The number of nitrogens with one attached hydrogen (secondary N) is 5. The zero-order valence-corrected chi connectivity index (χ0v) is 55.9. The molecule has 89 heavy (non-hydrogen) atoms. The van der Waals surface area contributed by atoms with Gasteiger partial charge in [0.05, 0.1) is 37.0 Å². The molecule has 5 rings (SSSR count). The fraction of sp³-hybridized carbons (Fsp3) is 0.590. The number of fused-ring (bicyclic) bond motifs is 5. The summed E-state index contributed by atoms with van der Waals surface area (Å²) in [5.74, 6) is -6.39. The van der Waals surface area contributed by atoms with E-state index >= 15 is 4.39 Å². The number of nitrogens with two attached hydrogens (primary N) is 1. The summed E-state index contributed by atoms with van der Waals surface area (Å²) in [6.45, 7) is 11.8. The largest absolute Gasteiger partial charge is 0.495 e. The van der Waals surface area contributed by atoms with Gasteiger partial charge in [-0.2, -0.15) is 0 Å². The molecule has 8 N–H and O–H groups in total. The summed E-state index contributed by atoms with van der Waals surface area (Å²) < 4.78 is 51.5. The van der Waals surface area contributed by atoms with Crippen LogP contribution in [0.15, 0.2) is 54.1 Å². The molecule has 492 valence electrons. The van der Waals surface area contributed by atoms with Crippen molar-refractivity contribution in [1.29, 1.82) is 0 Å². The number of carbonyl (C=O) groups is 9. The van der Waals surface area contributed by atoms with Crippen LogP contribution in [0.2, 0.25) is 5.02 Å². The predicted octanol–water partition coefficient (Wildman–Crippen LogP) is 6.67. The van der Waals surface area contributed by atoms with Gasteiger partial charge in [0, 0.05) is 62.9 Å². The highest BCUT2D eigenvalue weighted by Gasteiger charge is 2.64. The van der Waals surface area contributed by atoms with Crippen molar-refractivity contribution >= 4 is 109 Å². The van der Waals surface area contributed by atoms with E-state index in [-0.39, 0.29) is 60.5 Å². The summed E-state index contributed by atoms with van der Waals surface area (Å²) >= 11 is 13.5. The molecule has 28 heteroatoms. The second-order valence-corrected chi connectivity index (χ2v) is 24.9. The number of hydrogen-bond donors (Lipinski definition) is 7. The van der Waals surface area contributed by atoms with E-state index in [1.807, 2.05) is 19.9 Å². The number of allylic oxidation sites excluding steroid dienone is 3. The highest BCUT2D eigenvalue weighted by Crippen LogP contribution is 2.49. The number of epoxide rings is 1. The lowest BCUT2D eigenvalue weighted by Crippen LogP contribution is -2.63. The number of primary amides is 1. The highest BCUT2D eigenvalue weighted by atomic mass is 79.9. The van der Waals surface area contributed by atoms with Crippen LogP contribution in [0.3, 0.4) is 0 Å². The number of methoxy groups -OCH3 is 2. The van der Waals surface area contributed by atoms with Crippen molar-refractivity contribution in [2.45, 2.75) is 172 Å². The number of rotatable bonds is 26.